The summed E-state index contributed by atoms with van der Waals surface area (Å²) in [5.41, 5.74) is 1.55. The highest BCUT2D eigenvalue weighted by Gasteiger charge is 2.37. The van der Waals surface area contributed by atoms with Gasteiger partial charge < -0.3 is 18.9 Å². The van der Waals surface area contributed by atoms with Crippen LogP contribution >= 0.6 is 39.0 Å². The third kappa shape index (κ3) is 6.02. The van der Waals surface area contributed by atoms with Gasteiger partial charge in [-0.05, 0) is 70.9 Å². The molecule has 1 N–H and O–H groups in total. The van der Waals surface area contributed by atoms with E-state index in [1.807, 2.05) is 43.3 Å². The topological polar surface area (TPSA) is 129 Å². The van der Waals surface area contributed by atoms with Crippen molar-refractivity contribution in [1.29, 1.82) is 0 Å². The molecule has 0 radical (unpaired) electrons. The van der Waals surface area contributed by atoms with Crippen molar-refractivity contribution < 1.29 is 18.7 Å². The van der Waals surface area contributed by atoms with Crippen LogP contribution in [0.2, 0.25) is 0 Å². The fourth-order valence-electron chi connectivity index (χ4n) is 5.46. The van der Waals surface area contributed by atoms with Crippen molar-refractivity contribution in [2.24, 2.45) is 4.99 Å². The number of esters is 1. The Kier molecular flexibility index (Phi) is 9.16. The lowest BCUT2D eigenvalue weighted by Gasteiger charge is -2.28. The second-order valence-corrected chi connectivity index (χ2v) is 13.2. The van der Waals surface area contributed by atoms with E-state index in [2.05, 4.69) is 25.9 Å². The van der Waals surface area contributed by atoms with Gasteiger partial charge >= 0.3 is 5.97 Å². The molecule has 0 saturated heterocycles. The third-order valence-electron chi connectivity index (χ3n) is 7.30. The molecule has 3 aromatic heterocycles. The molecule has 0 bridgehead atoms. The van der Waals surface area contributed by atoms with Crippen molar-refractivity contribution in [3.05, 3.63) is 111 Å². The van der Waals surface area contributed by atoms with Gasteiger partial charge in [0.2, 0.25) is 0 Å². The Labute approximate surface area is 279 Å². The first kappa shape index (κ1) is 31.8. The summed E-state index contributed by atoms with van der Waals surface area (Å²) < 4.78 is 20.0. The Morgan fingerprint density at radius 1 is 1.20 bits per heavy atom. The predicted molar refractivity (Wildman–Crippen MR) is 180 cm³/mol. The van der Waals surface area contributed by atoms with Crippen LogP contribution in [0.4, 0.5) is 0 Å². The quantitative estimate of drug-likeness (QED) is 0.153. The number of aromatic nitrogens is 3. The minimum absolute atomic E-state index is 0.172. The molecular weight excluding hydrogens is 692 g/mol. The molecule has 4 heterocycles. The number of hydrogen-bond donors (Lipinski definition) is 1. The molecule has 0 saturated carbocycles. The number of benzene rings is 2. The van der Waals surface area contributed by atoms with Gasteiger partial charge in [0, 0.05) is 23.4 Å². The number of aryl methyl sites for hydroxylation is 1. The maximum atomic E-state index is 14.3. The van der Waals surface area contributed by atoms with Gasteiger partial charge in [0.1, 0.15) is 17.6 Å². The van der Waals surface area contributed by atoms with Gasteiger partial charge in [0.25, 0.3) is 11.1 Å². The predicted octanol–water partition coefficient (Wildman–Crippen LogP) is 5.64. The van der Waals surface area contributed by atoms with Crippen LogP contribution in [-0.2, 0) is 9.53 Å². The number of thiazole rings is 1. The van der Waals surface area contributed by atoms with Crippen molar-refractivity contribution in [3.63, 3.8) is 0 Å². The first-order valence-electron chi connectivity index (χ1n) is 14.5. The molecule has 236 valence electrons. The van der Waals surface area contributed by atoms with E-state index in [4.69, 9.17) is 18.9 Å². The fraction of sp³-hybridized carbons (Fsp3) is 0.242. The van der Waals surface area contributed by atoms with E-state index in [1.165, 1.54) is 17.4 Å². The summed E-state index contributed by atoms with van der Waals surface area (Å²) >= 11 is 5.88. The number of halogens is 1. The highest BCUT2D eigenvalue weighted by atomic mass is 79.9. The minimum atomic E-state index is -0.848. The summed E-state index contributed by atoms with van der Waals surface area (Å²) in [6.07, 6.45) is 2.90. The summed E-state index contributed by atoms with van der Waals surface area (Å²) in [6, 6.07) is 13.9. The number of furan rings is 1. The number of rotatable bonds is 9. The van der Waals surface area contributed by atoms with Crippen molar-refractivity contribution in [1.82, 2.24) is 14.5 Å². The van der Waals surface area contributed by atoms with E-state index >= 15 is 0 Å². The van der Waals surface area contributed by atoms with E-state index in [1.54, 1.807) is 37.7 Å². The lowest BCUT2D eigenvalue weighted by Crippen LogP contribution is -2.40. The number of allylic oxidation sites excluding steroid dienone is 1. The van der Waals surface area contributed by atoms with Crippen LogP contribution in [-0.4, -0.2) is 34.2 Å². The molecule has 0 unspecified atom stereocenters. The number of fused-ring (bicyclic) bond motifs is 2. The van der Waals surface area contributed by atoms with Crippen molar-refractivity contribution >= 4 is 61.8 Å². The maximum absolute atomic E-state index is 14.3. The Balaban J connectivity index is 1.56. The molecule has 0 amide bonds. The number of carbonyl (C=O) groups excluding carboxylic acids is 1. The SMILES string of the molecule is CCCC1=C(C(=O)OCC)[C@H](c2c(OC)ccc3ccccc23)n2c(s/c(=C/c3cc(Br)c(Sc4nc(C)cc(=O)[nH]4)o3)c2=O)=N1. The molecule has 0 aliphatic carbocycles. The van der Waals surface area contributed by atoms with Crippen molar-refractivity contribution in [2.45, 2.75) is 49.9 Å². The maximum Gasteiger partial charge on any atom is 0.338 e. The zero-order valence-electron chi connectivity index (χ0n) is 25.4. The zero-order chi connectivity index (χ0) is 32.5. The molecule has 5 aromatic rings. The van der Waals surface area contributed by atoms with E-state index in [0.717, 1.165) is 29.0 Å². The van der Waals surface area contributed by atoms with E-state index in [0.29, 0.717) is 64.5 Å². The summed E-state index contributed by atoms with van der Waals surface area (Å²) in [7, 11) is 1.57. The van der Waals surface area contributed by atoms with Crippen molar-refractivity contribution in [3.8, 4) is 5.75 Å². The van der Waals surface area contributed by atoms with E-state index < -0.39 is 12.0 Å². The Hall–Kier alpha value is -4.20. The average molecular weight is 722 g/mol. The van der Waals surface area contributed by atoms with E-state index in [-0.39, 0.29) is 17.7 Å². The smallest absolute Gasteiger partial charge is 0.338 e. The number of ether oxygens (including phenoxy) is 2. The normalized spacial score (nSPS) is 14.8. The summed E-state index contributed by atoms with van der Waals surface area (Å²) in [5.74, 6) is 0.424. The van der Waals surface area contributed by atoms with Crippen LogP contribution in [0.5, 0.6) is 5.75 Å². The summed E-state index contributed by atoms with van der Waals surface area (Å²) in [4.78, 5) is 52.3. The Morgan fingerprint density at radius 2 is 2.00 bits per heavy atom. The van der Waals surface area contributed by atoms with Gasteiger partial charge in [-0.15, -0.1) is 0 Å². The second kappa shape index (κ2) is 13.3. The van der Waals surface area contributed by atoms with Crippen LogP contribution in [0.3, 0.4) is 0 Å². The van der Waals surface area contributed by atoms with Crippen LogP contribution < -0.4 is 25.2 Å². The Morgan fingerprint density at radius 3 is 2.74 bits per heavy atom. The lowest BCUT2D eigenvalue weighted by molar-refractivity contribution is -0.139. The third-order valence-corrected chi connectivity index (χ3v) is 10.0. The molecule has 2 aromatic carbocycles. The number of nitrogens with one attached hydrogen (secondary N) is 1. The van der Waals surface area contributed by atoms with Gasteiger partial charge in [-0.1, -0.05) is 55.0 Å². The zero-order valence-corrected chi connectivity index (χ0v) is 28.6. The average Bonchev–Trinajstić information content (AvgIpc) is 3.52. The molecule has 0 spiro atoms. The molecule has 0 fully saturated rings. The Bertz CT molecular complexity index is 2270. The molecule has 6 rings (SSSR count). The molecule has 1 atom stereocenters. The van der Waals surface area contributed by atoms with Crippen LogP contribution in [0.1, 0.15) is 49.7 Å². The first-order chi connectivity index (χ1) is 22.2. The van der Waals surface area contributed by atoms with Gasteiger partial charge in [-0.3, -0.25) is 14.2 Å². The van der Waals surface area contributed by atoms with Gasteiger partial charge in [-0.25, -0.2) is 14.8 Å². The lowest BCUT2D eigenvalue weighted by atomic mass is 9.90. The molecular formula is C33H29BrN4O6S2. The number of hydrogen-bond acceptors (Lipinski definition) is 10. The molecule has 13 heteroatoms. The molecule has 46 heavy (non-hydrogen) atoms. The second-order valence-electron chi connectivity index (χ2n) is 10.4. The number of methoxy groups -OCH3 is 1. The minimum Gasteiger partial charge on any atom is -0.496 e. The molecule has 10 nitrogen and oxygen atoms in total. The number of nitrogens with zero attached hydrogens (tertiary/aromatic N) is 3. The summed E-state index contributed by atoms with van der Waals surface area (Å²) in [5, 5.41) is 2.62. The van der Waals surface area contributed by atoms with E-state index in [9.17, 15) is 14.4 Å². The summed E-state index contributed by atoms with van der Waals surface area (Å²) in [6.45, 7) is 5.68. The standard InChI is InChI=1S/C33H29BrN4O6S2/c1-5-9-22-27(30(41)43-6-2)28(26-20-11-8-7-10-18(20)12-13-23(26)42-4)38-29(40)24(45-33(38)36-22)16-19-15-21(34)31(44-19)46-32-35-17(3)14-25(39)37-32/h7-8,10-16,28H,5-6,9H2,1-4H3,(H,35,37,39)/b24-16+/t28-/m0/s1. The number of carbonyl (C=O) groups is 1. The van der Waals surface area contributed by atoms with Gasteiger partial charge in [-0.2, -0.15) is 0 Å². The number of aromatic amines is 1. The monoisotopic (exact) mass is 720 g/mol. The van der Waals surface area contributed by atoms with Crippen LogP contribution in [0, 0.1) is 6.92 Å². The highest BCUT2D eigenvalue weighted by Crippen LogP contribution is 2.41. The highest BCUT2D eigenvalue weighted by molar-refractivity contribution is 9.10. The first-order valence-corrected chi connectivity index (χ1v) is 17.0. The molecule has 1 aliphatic rings. The fourth-order valence-corrected chi connectivity index (χ4v) is 7.82. The van der Waals surface area contributed by atoms with Crippen LogP contribution in [0.15, 0.2) is 93.5 Å². The largest absolute Gasteiger partial charge is 0.496 e. The molecule has 1 aliphatic heterocycles. The number of H-pyrrole nitrogens is 1. The van der Waals surface area contributed by atoms with Crippen LogP contribution in [0.25, 0.3) is 16.8 Å². The van der Waals surface area contributed by atoms with Gasteiger partial charge in [0.15, 0.2) is 15.1 Å². The van der Waals surface area contributed by atoms with Gasteiger partial charge in [0.05, 0.1) is 34.0 Å². The van der Waals surface area contributed by atoms with Crippen molar-refractivity contribution in [2.75, 3.05) is 13.7 Å².